The molecule has 0 aromatic rings. The predicted molar refractivity (Wildman–Crippen MR) is 106 cm³/mol. The molecule has 7 nitrogen and oxygen atoms in total. The fourth-order valence-electron chi connectivity index (χ4n) is 6.65. The number of hydrogen-bond donors (Lipinski definition) is 1. The lowest BCUT2D eigenvalue weighted by Crippen LogP contribution is -2.62. The Morgan fingerprint density at radius 2 is 1.60 bits per heavy atom. The first-order valence-electron chi connectivity index (χ1n) is 11.4. The van der Waals surface area contributed by atoms with Gasteiger partial charge in [0.25, 0.3) is 5.92 Å². The maximum Gasteiger partial charge on any atom is 0.407 e. The Balaban J connectivity index is 1.10. The van der Waals surface area contributed by atoms with Crippen molar-refractivity contribution in [3.8, 4) is 0 Å². The zero-order valence-electron chi connectivity index (χ0n) is 17.4. The molecule has 0 bridgehead atoms. The second kappa shape index (κ2) is 7.21. The SMILES string of the molecule is O=C(O)N1CCC2(CC(N3CCC([C@@H]4CCCN4C(=O)N4CC(F)(F)C4)CC3)C2)C1. The number of amides is 3. The first kappa shape index (κ1) is 20.3. The van der Waals surface area contributed by atoms with Gasteiger partial charge in [-0.05, 0) is 69.4 Å². The van der Waals surface area contributed by atoms with Crippen molar-refractivity contribution in [1.82, 2.24) is 19.6 Å². The summed E-state index contributed by atoms with van der Waals surface area (Å²) in [5.41, 5.74) is 0.202. The average molecular weight is 427 g/mol. The summed E-state index contributed by atoms with van der Waals surface area (Å²) in [7, 11) is 0. The lowest BCUT2D eigenvalue weighted by molar-refractivity contribution is -0.115. The minimum Gasteiger partial charge on any atom is -0.465 e. The van der Waals surface area contributed by atoms with Gasteiger partial charge in [-0.3, -0.25) is 0 Å². The molecule has 0 aromatic carbocycles. The number of rotatable bonds is 2. The molecule has 4 heterocycles. The predicted octanol–water partition coefficient (Wildman–Crippen LogP) is 2.77. The molecule has 3 amide bonds. The number of carbonyl (C=O) groups excluding carboxylic acids is 1. The van der Waals surface area contributed by atoms with Crippen molar-refractivity contribution in [1.29, 1.82) is 0 Å². The summed E-state index contributed by atoms with van der Waals surface area (Å²) in [5.74, 6) is -2.26. The zero-order chi connectivity index (χ0) is 21.1. The van der Waals surface area contributed by atoms with Crippen LogP contribution in [0.5, 0.6) is 0 Å². The summed E-state index contributed by atoms with van der Waals surface area (Å²) in [5, 5.41) is 9.20. The van der Waals surface area contributed by atoms with E-state index in [1.54, 1.807) is 4.90 Å². The molecular weight excluding hydrogens is 394 g/mol. The van der Waals surface area contributed by atoms with Gasteiger partial charge in [0, 0.05) is 31.7 Å². The van der Waals surface area contributed by atoms with E-state index in [0.29, 0.717) is 31.6 Å². The third-order valence-electron chi connectivity index (χ3n) is 8.34. The summed E-state index contributed by atoms with van der Waals surface area (Å²) in [4.78, 5) is 31.1. The standard InChI is InChI=1S/C21H32F2N4O3/c22-21(23)13-26(14-21)18(28)27-6-1-2-17(27)15-3-7-24(8-4-15)16-10-20(11-16)5-9-25(12-20)19(29)30/h15-17H,1-14H2,(H,29,30)/t16?,17-,20?/m0/s1. The molecule has 5 rings (SSSR count). The van der Waals surface area contributed by atoms with Crippen LogP contribution in [-0.4, -0.2) is 101 Å². The molecule has 4 saturated heterocycles. The highest BCUT2D eigenvalue weighted by atomic mass is 19.3. The number of likely N-dealkylation sites (tertiary alicyclic amines) is 4. The van der Waals surface area contributed by atoms with E-state index in [4.69, 9.17) is 0 Å². The monoisotopic (exact) mass is 426 g/mol. The van der Waals surface area contributed by atoms with Crippen molar-refractivity contribution in [2.24, 2.45) is 11.3 Å². The van der Waals surface area contributed by atoms with Crippen LogP contribution in [0.4, 0.5) is 18.4 Å². The zero-order valence-corrected chi connectivity index (χ0v) is 17.4. The minimum atomic E-state index is -2.71. The van der Waals surface area contributed by atoms with E-state index in [0.717, 1.165) is 58.0 Å². The van der Waals surface area contributed by atoms with Gasteiger partial charge in [0.1, 0.15) is 0 Å². The van der Waals surface area contributed by atoms with Crippen LogP contribution in [0.3, 0.4) is 0 Å². The Labute approximate surface area is 175 Å². The minimum absolute atomic E-state index is 0.195. The molecule has 168 valence electrons. The molecule has 4 aliphatic heterocycles. The molecule has 9 heteroatoms. The molecule has 0 radical (unpaired) electrons. The average Bonchev–Trinajstić information content (AvgIpc) is 3.32. The topological polar surface area (TPSA) is 67.3 Å². The highest BCUT2D eigenvalue weighted by Gasteiger charge is 2.52. The molecule has 1 atom stereocenters. The van der Waals surface area contributed by atoms with E-state index in [1.165, 1.54) is 4.90 Å². The van der Waals surface area contributed by atoms with Crippen molar-refractivity contribution < 1.29 is 23.5 Å². The Bertz CT molecular complexity index is 698. The van der Waals surface area contributed by atoms with Gasteiger partial charge < -0.3 is 24.7 Å². The molecule has 0 unspecified atom stereocenters. The van der Waals surface area contributed by atoms with Crippen LogP contribution < -0.4 is 0 Å². The van der Waals surface area contributed by atoms with Crippen LogP contribution in [0.25, 0.3) is 0 Å². The van der Waals surface area contributed by atoms with Gasteiger partial charge in [0.05, 0.1) is 13.1 Å². The summed E-state index contributed by atoms with van der Waals surface area (Å²) >= 11 is 0. The molecule has 5 aliphatic rings. The van der Waals surface area contributed by atoms with E-state index >= 15 is 0 Å². The van der Waals surface area contributed by atoms with Crippen LogP contribution in [0.2, 0.25) is 0 Å². The summed E-state index contributed by atoms with van der Waals surface area (Å²) in [6, 6.07) is 0.556. The highest BCUT2D eigenvalue weighted by Crippen LogP contribution is 2.50. The number of piperidine rings is 1. The largest absolute Gasteiger partial charge is 0.465 e. The van der Waals surface area contributed by atoms with Crippen molar-refractivity contribution in [3.05, 3.63) is 0 Å². The molecule has 1 spiro atoms. The van der Waals surface area contributed by atoms with E-state index in [1.807, 2.05) is 4.90 Å². The van der Waals surface area contributed by atoms with Gasteiger partial charge in [0.15, 0.2) is 0 Å². The number of nitrogens with zero attached hydrogens (tertiary/aromatic N) is 4. The Morgan fingerprint density at radius 3 is 2.20 bits per heavy atom. The van der Waals surface area contributed by atoms with Crippen molar-refractivity contribution >= 4 is 12.1 Å². The van der Waals surface area contributed by atoms with Crippen LogP contribution in [0, 0.1) is 11.3 Å². The Hall–Kier alpha value is -1.64. The number of halogens is 2. The van der Waals surface area contributed by atoms with Gasteiger partial charge >= 0.3 is 12.1 Å². The molecular formula is C21H32F2N4O3. The Kier molecular flexibility index (Phi) is 4.87. The lowest BCUT2D eigenvalue weighted by Gasteiger charge is -2.52. The normalized spacial score (nSPS) is 36.8. The van der Waals surface area contributed by atoms with E-state index in [9.17, 15) is 23.5 Å². The smallest absolute Gasteiger partial charge is 0.407 e. The summed E-state index contributed by atoms with van der Waals surface area (Å²) in [6.45, 7) is 3.22. The van der Waals surface area contributed by atoms with Gasteiger partial charge in [-0.15, -0.1) is 0 Å². The number of carbonyl (C=O) groups is 2. The van der Waals surface area contributed by atoms with Crippen molar-refractivity contribution in [2.75, 3.05) is 45.8 Å². The van der Waals surface area contributed by atoms with E-state index < -0.39 is 25.1 Å². The maximum atomic E-state index is 13.2. The van der Waals surface area contributed by atoms with Crippen LogP contribution in [0.15, 0.2) is 0 Å². The molecule has 5 fully saturated rings. The molecule has 30 heavy (non-hydrogen) atoms. The van der Waals surface area contributed by atoms with Gasteiger partial charge in [-0.1, -0.05) is 0 Å². The first-order valence-corrected chi connectivity index (χ1v) is 11.4. The van der Waals surface area contributed by atoms with E-state index in [-0.39, 0.29) is 17.5 Å². The second-order valence-electron chi connectivity index (χ2n) is 10.3. The van der Waals surface area contributed by atoms with Crippen LogP contribution in [0.1, 0.15) is 44.9 Å². The second-order valence-corrected chi connectivity index (χ2v) is 10.3. The summed E-state index contributed by atoms with van der Waals surface area (Å²) in [6.07, 6.45) is 6.43. The quantitative estimate of drug-likeness (QED) is 0.737. The first-order chi connectivity index (χ1) is 14.3. The third kappa shape index (κ3) is 3.52. The van der Waals surface area contributed by atoms with Gasteiger partial charge in [0.2, 0.25) is 0 Å². The molecule has 1 N–H and O–H groups in total. The fraction of sp³-hybridized carbons (Fsp3) is 0.905. The molecule has 0 aromatic heterocycles. The van der Waals surface area contributed by atoms with Gasteiger partial charge in [-0.25, -0.2) is 18.4 Å². The highest BCUT2D eigenvalue weighted by molar-refractivity contribution is 5.76. The Morgan fingerprint density at radius 1 is 0.900 bits per heavy atom. The molecule has 1 aliphatic carbocycles. The fourth-order valence-corrected chi connectivity index (χ4v) is 6.65. The van der Waals surface area contributed by atoms with Crippen LogP contribution in [-0.2, 0) is 0 Å². The third-order valence-corrected chi connectivity index (χ3v) is 8.34. The van der Waals surface area contributed by atoms with Crippen molar-refractivity contribution in [2.45, 2.75) is 63.0 Å². The number of hydrogen-bond acceptors (Lipinski definition) is 3. The number of carboxylic acid groups (broad SMARTS) is 1. The van der Waals surface area contributed by atoms with Crippen molar-refractivity contribution in [3.63, 3.8) is 0 Å². The van der Waals surface area contributed by atoms with E-state index in [2.05, 4.69) is 4.90 Å². The lowest BCUT2D eigenvalue weighted by atomic mass is 9.64. The summed E-state index contributed by atoms with van der Waals surface area (Å²) < 4.78 is 26.3. The molecule has 1 saturated carbocycles. The number of alkyl halides is 2. The number of urea groups is 1. The van der Waals surface area contributed by atoms with Gasteiger partial charge in [-0.2, -0.15) is 0 Å². The van der Waals surface area contributed by atoms with Crippen LogP contribution >= 0.6 is 0 Å². The maximum absolute atomic E-state index is 13.2.